The highest BCUT2D eigenvalue weighted by molar-refractivity contribution is 6.74. The van der Waals surface area contributed by atoms with Crippen molar-refractivity contribution in [3.63, 3.8) is 0 Å². The Morgan fingerprint density at radius 3 is 1.90 bits per heavy atom. The summed E-state index contributed by atoms with van der Waals surface area (Å²) < 4.78 is 14.3. The number of benzene rings is 9. The van der Waals surface area contributed by atoms with Gasteiger partial charge in [-0.05, 0) is 128 Å². The maximum absolute atomic E-state index is 7.21. The topological polar surface area (TPSA) is 41.6 Å². The van der Waals surface area contributed by atoms with Crippen molar-refractivity contribution in [2.24, 2.45) is 0 Å². The third kappa shape index (κ3) is 7.18. The van der Waals surface area contributed by atoms with Gasteiger partial charge in [0.05, 0.1) is 5.69 Å². The molecule has 0 unspecified atom stereocenters. The lowest BCUT2D eigenvalue weighted by atomic mass is 9.57. The Labute approximate surface area is 429 Å². The van der Waals surface area contributed by atoms with Gasteiger partial charge in [0, 0.05) is 61.0 Å². The summed E-state index contributed by atoms with van der Waals surface area (Å²) in [4.78, 5) is 2.53. The minimum atomic E-state index is -0.195. The van der Waals surface area contributed by atoms with Gasteiger partial charge in [-0.2, -0.15) is 0 Å². The lowest BCUT2D eigenvalue weighted by Crippen LogP contribution is -2.41. The molecule has 2 aromatic heterocycles. The number of furan rings is 2. The Kier molecular flexibility index (Phi) is 9.99. The molecule has 1 N–H and O–H groups in total. The summed E-state index contributed by atoms with van der Waals surface area (Å²) in [6.45, 7) is 20.7. The van der Waals surface area contributed by atoms with Gasteiger partial charge in [-0.15, -0.1) is 0 Å². The van der Waals surface area contributed by atoms with E-state index in [1.807, 2.05) is 0 Å². The first kappa shape index (κ1) is 44.9. The van der Waals surface area contributed by atoms with Crippen molar-refractivity contribution in [1.82, 2.24) is 0 Å². The fourth-order valence-corrected chi connectivity index (χ4v) is 12.0. The van der Waals surface area contributed by atoms with Gasteiger partial charge in [0.2, 0.25) is 0 Å². The lowest BCUT2D eigenvalue weighted by Gasteiger charge is -2.36. The highest BCUT2D eigenvalue weighted by Crippen LogP contribution is 2.54. The van der Waals surface area contributed by atoms with Crippen LogP contribution in [0.25, 0.3) is 77.6 Å². The zero-order valence-electron chi connectivity index (χ0n) is 43.3. The molecule has 0 fully saturated rings. The van der Waals surface area contributed by atoms with Crippen molar-refractivity contribution in [2.45, 2.75) is 78.6 Å². The molecule has 73 heavy (non-hydrogen) atoms. The highest BCUT2D eigenvalue weighted by Gasteiger charge is 2.39. The minimum absolute atomic E-state index is 0.0290. The second-order valence-corrected chi connectivity index (χ2v) is 23.1. The van der Waals surface area contributed by atoms with E-state index in [0.29, 0.717) is 7.28 Å². The highest BCUT2D eigenvalue weighted by atomic mass is 16.3. The maximum Gasteiger partial charge on any atom is 0.198 e. The molecule has 1 aliphatic carbocycles. The zero-order chi connectivity index (χ0) is 50.1. The predicted molar refractivity (Wildman–Crippen MR) is 310 cm³/mol. The molecular formula is C68H59BN2O2. The molecule has 3 heterocycles. The Morgan fingerprint density at radius 2 is 1.18 bits per heavy atom. The molecule has 0 atom stereocenters. The van der Waals surface area contributed by atoms with E-state index in [-0.39, 0.29) is 16.2 Å². The van der Waals surface area contributed by atoms with Crippen LogP contribution in [0.1, 0.15) is 83.2 Å². The van der Waals surface area contributed by atoms with Crippen LogP contribution in [0.4, 0.5) is 28.4 Å². The molecule has 0 saturated heterocycles. The number of hydrogen-bond acceptors (Lipinski definition) is 4. The number of rotatable bonds is 6. The van der Waals surface area contributed by atoms with Crippen LogP contribution in [0.3, 0.4) is 0 Å². The van der Waals surface area contributed by atoms with Gasteiger partial charge in [-0.3, -0.25) is 0 Å². The van der Waals surface area contributed by atoms with Gasteiger partial charge in [-0.25, -0.2) is 0 Å². The van der Waals surface area contributed by atoms with Crippen molar-refractivity contribution >= 4 is 79.5 Å². The van der Waals surface area contributed by atoms with Crippen molar-refractivity contribution in [3.8, 4) is 44.7 Å². The quantitative estimate of drug-likeness (QED) is 0.169. The van der Waals surface area contributed by atoms with Gasteiger partial charge in [0.25, 0.3) is 0 Å². The van der Waals surface area contributed by atoms with Gasteiger partial charge >= 0.3 is 0 Å². The normalized spacial score (nSPS) is 13.7. The van der Waals surface area contributed by atoms with Crippen LogP contribution in [0.5, 0.6) is 0 Å². The van der Waals surface area contributed by atoms with E-state index in [9.17, 15) is 0 Å². The molecule has 13 rings (SSSR count). The van der Waals surface area contributed by atoms with E-state index in [4.69, 9.17) is 8.83 Å². The average molecular weight is 947 g/mol. The van der Waals surface area contributed by atoms with Crippen LogP contribution in [0.15, 0.2) is 191 Å². The van der Waals surface area contributed by atoms with E-state index in [1.54, 1.807) is 0 Å². The summed E-state index contributed by atoms with van der Waals surface area (Å²) in [6.07, 6.45) is 0. The number of anilines is 5. The van der Waals surface area contributed by atoms with E-state index in [0.717, 1.165) is 89.4 Å². The van der Waals surface area contributed by atoms with Crippen molar-refractivity contribution in [2.75, 3.05) is 10.2 Å². The summed E-state index contributed by atoms with van der Waals surface area (Å²) in [5.41, 5.74) is 24.8. The third-order valence-electron chi connectivity index (χ3n) is 15.9. The molecule has 0 radical (unpaired) electrons. The van der Waals surface area contributed by atoms with Crippen molar-refractivity contribution in [3.05, 3.63) is 210 Å². The van der Waals surface area contributed by atoms with Gasteiger partial charge in [-0.1, -0.05) is 188 Å². The molecule has 5 heteroatoms. The zero-order valence-corrected chi connectivity index (χ0v) is 43.3. The number of nitrogens with one attached hydrogen (secondary N) is 1. The number of para-hydroxylation sites is 1. The van der Waals surface area contributed by atoms with Gasteiger partial charge in [0.15, 0.2) is 12.9 Å². The summed E-state index contributed by atoms with van der Waals surface area (Å²) >= 11 is 0. The standard InChI is InChI=1S/C68H59BN2O2/c1-40-34-44(67(5,6)7)30-33-57(40)71-58-37-52-60(73-64(42-22-14-11-15-23-42)61(52)41-20-12-10-13-21-41)39-55(58)69-62-50(36-51-47-25-17-19-27-59(47)72-65(51)63(62)71)49-35-48-46-24-16-18-26-53(46)68(8,9)54(48)38-56(49)70-45-31-28-43(29-32-45)66(2,3)4/h10-39,69-70H,1-9H3. The summed E-state index contributed by atoms with van der Waals surface area (Å²) in [5, 5.41) is 7.29. The number of hydrogen-bond donors (Lipinski definition) is 1. The van der Waals surface area contributed by atoms with Crippen LogP contribution >= 0.6 is 0 Å². The van der Waals surface area contributed by atoms with Crippen LogP contribution in [0.2, 0.25) is 0 Å². The summed E-state index contributed by atoms with van der Waals surface area (Å²) in [6, 6.07) is 66.9. The van der Waals surface area contributed by atoms with Crippen LogP contribution in [-0.2, 0) is 16.2 Å². The van der Waals surface area contributed by atoms with Crippen molar-refractivity contribution < 1.29 is 8.83 Å². The van der Waals surface area contributed by atoms with Crippen LogP contribution in [0, 0.1) is 6.92 Å². The van der Waals surface area contributed by atoms with E-state index in [1.165, 1.54) is 55.4 Å². The average Bonchev–Trinajstić information content (AvgIpc) is 4.03. The Morgan fingerprint density at radius 1 is 0.507 bits per heavy atom. The largest absolute Gasteiger partial charge is 0.455 e. The fraction of sp³-hybridized carbons (Fsp3) is 0.176. The minimum Gasteiger partial charge on any atom is -0.455 e. The molecule has 356 valence electrons. The summed E-state index contributed by atoms with van der Waals surface area (Å²) in [5.74, 6) is 0.867. The van der Waals surface area contributed by atoms with Crippen LogP contribution in [-0.4, -0.2) is 7.28 Å². The maximum atomic E-state index is 7.21. The molecule has 2 aliphatic rings. The molecule has 0 amide bonds. The Balaban J connectivity index is 1.14. The first-order valence-corrected chi connectivity index (χ1v) is 25.9. The van der Waals surface area contributed by atoms with Gasteiger partial charge < -0.3 is 19.1 Å². The Bertz CT molecular complexity index is 4010. The molecule has 0 bridgehead atoms. The van der Waals surface area contributed by atoms with E-state index >= 15 is 0 Å². The van der Waals surface area contributed by atoms with Crippen molar-refractivity contribution in [1.29, 1.82) is 0 Å². The molecule has 0 spiro atoms. The van der Waals surface area contributed by atoms with E-state index in [2.05, 4.69) is 255 Å². The molecule has 4 nitrogen and oxygen atoms in total. The number of aryl methyl sites for hydroxylation is 1. The smallest absolute Gasteiger partial charge is 0.198 e. The fourth-order valence-electron chi connectivity index (χ4n) is 12.0. The van der Waals surface area contributed by atoms with Crippen LogP contribution < -0.4 is 21.1 Å². The van der Waals surface area contributed by atoms with Gasteiger partial charge in [0.1, 0.15) is 16.9 Å². The first-order chi connectivity index (χ1) is 35.1. The number of nitrogens with zero attached hydrogens (tertiary/aromatic N) is 1. The molecule has 1 aliphatic heterocycles. The lowest BCUT2D eigenvalue weighted by molar-refractivity contribution is 0.589. The third-order valence-corrected chi connectivity index (χ3v) is 15.9. The molecule has 9 aromatic carbocycles. The predicted octanol–water partition coefficient (Wildman–Crippen LogP) is 17.5. The SMILES string of the molecule is Cc1cc(C(C)(C)C)ccc1N1c2cc3c(-c4ccccc4)c(-c4ccccc4)oc3cc2Bc2c(-c3cc4c(cc3Nc3ccc(C(C)(C)C)cc3)C(C)(C)c3ccccc3-4)cc3c(oc4ccccc43)c21. The van der Waals surface area contributed by atoms with E-state index < -0.39 is 0 Å². The summed E-state index contributed by atoms with van der Waals surface area (Å²) in [7, 11) is 0.652. The first-order valence-electron chi connectivity index (χ1n) is 25.9. The second kappa shape index (κ2) is 16.2. The monoisotopic (exact) mass is 946 g/mol. The molecule has 11 aromatic rings. The Hall–Kier alpha value is -8.02. The molecule has 0 saturated carbocycles. The number of fused-ring (bicyclic) bond motifs is 10. The second-order valence-electron chi connectivity index (χ2n) is 23.1. The molecular weight excluding hydrogens is 888 g/mol.